The van der Waals surface area contributed by atoms with Gasteiger partial charge in [0.05, 0.1) is 20.6 Å². The molecule has 0 aromatic heterocycles. The number of amides is 1. The zero-order chi connectivity index (χ0) is 22.7. The van der Waals surface area contributed by atoms with E-state index in [1.807, 2.05) is 0 Å². The van der Waals surface area contributed by atoms with Gasteiger partial charge in [-0.1, -0.05) is 96.8 Å². The van der Waals surface area contributed by atoms with Crippen molar-refractivity contribution in [3.05, 3.63) is 0 Å². The standard InChI is InChI=1S/C25H50N2O3/c1-5-6-7-8-9-10-11-12-13-14-15-16-17-18-19-20-21-27(3,4)23-24(28)26(2)22-25(29)30/h5-23H2,1-4H3/p+1. The minimum Gasteiger partial charge on any atom is -0.480 e. The van der Waals surface area contributed by atoms with Gasteiger partial charge in [0.15, 0.2) is 6.54 Å². The number of carboxylic acids is 1. The number of unbranched alkanes of at least 4 members (excludes halogenated alkanes) is 15. The molecule has 0 aliphatic rings. The van der Waals surface area contributed by atoms with Crippen LogP contribution in [0.4, 0.5) is 0 Å². The molecule has 0 aliphatic carbocycles. The van der Waals surface area contributed by atoms with E-state index in [4.69, 9.17) is 5.11 Å². The number of carbonyl (C=O) groups is 2. The first-order chi connectivity index (χ1) is 14.3. The lowest BCUT2D eigenvalue weighted by Crippen LogP contribution is -2.49. The Kier molecular flexibility index (Phi) is 18.0. The van der Waals surface area contributed by atoms with Gasteiger partial charge in [0.2, 0.25) is 0 Å². The molecule has 0 aromatic carbocycles. The van der Waals surface area contributed by atoms with Gasteiger partial charge < -0.3 is 14.5 Å². The number of carbonyl (C=O) groups excluding carboxylic acids is 1. The third-order valence-electron chi connectivity index (χ3n) is 5.98. The molecule has 0 heterocycles. The number of hydrogen-bond donors (Lipinski definition) is 1. The molecule has 0 saturated carbocycles. The van der Waals surface area contributed by atoms with Gasteiger partial charge in [-0.3, -0.25) is 9.59 Å². The van der Waals surface area contributed by atoms with E-state index in [0.29, 0.717) is 11.0 Å². The molecule has 30 heavy (non-hydrogen) atoms. The summed E-state index contributed by atoms with van der Waals surface area (Å²) in [4.78, 5) is 24.1. The van der Waals surface area contributed by atoms with Gasteiger partial charge in [-0.05, 0) is 12.8 Å². The Bertz CT molecular complexity index is 438. The number of rotatable bonds is 21. The van der Waals surface area contributed by atoms with Gasteiger partial charge in [0.1, 0.15) is 6.54 Å². The van der Waals surface area contributed by atoms with E-state index >= 15 is 0 Å². The molecule has 0 aromatic rings. The van der Waals surface area contributed by atoms with Crippen LogP contribution in [-0.4, -0.2) is 67.1 Å². The molecule has 0 radical (unpaired) electrons. The number of carboxylic acid groups (broad SMARTS) is 1. The van der Waals surface area contributed by atoms with Crippen LogP contribution in [-0.2, 0) is 9.59 Å². The van der Waals surface area contributed by atoms with E-state index in [1.54, 1.807) is 7.05 Å². The molecule has 0 unspecified atom stereocenters. The molecule has 0 bridgehead atoms. The minimum absolute atomic E-state index is 0.0982. The van der Waals surface area contributed by atoms with Crippen molar-refractivity contribution in [3.8, 4) is 0 Å². The van der Waals surface area contributed by atoms with Crippen molar-refractivity contribution in [3.63, 3.8) is 0 Å². The van der Waals surface area contributed by atoms with Crippen molar-refractivity contribution >= 4 is 11.9 Å². The van der Waals surface area contributed by atoms with Crippen LogP contribution < -0.4 is 0 Å². The topological polar surface area (TPSA) is 57.6 Å². The molecule has 0 aliphatic heterocycles. The Labute approximate surface area is 186 Å². The summed E-state index contributed by atoms with van der Waals surface area (Å²) in [7, 11) is 5.67. The summed E-state index contributed by atoms with van der Waals surface area (Å²) in [6.45, 7) is 3.38. The predicted molar refractivity (Wildman–Crippen MR) is 127 cm³/mol. The molecule has 1 N–H and O–H groups in total. The van der Waals surface area contributed by atoms with Crippen LogP contribution in [0.2, 0.25) is 0 Å². The quantitative estimate of drug-likeness (QED) is 0.184. The maximum atomic E-state index is 12.1. The highest BCUT2D eigenvalue weighted by Crippen LogP contribution is 2.14. The molecule has 0 atom stereocenters. The molecular weight excluding hydrogens is 376 g/mol. The van der Waals surface area contributed by atoms with E-state index in [-0.39, 0.29) is 12.5 Å². The van der Waals surface area contributed by atoms with Crippen molar-refractivity contribution in [2.45, 2.75) is 110 Å². The van der Waals surface area contributed by atoms with Gasteiger partial charge in [0.25, 0.3) is 5.91 Å². The number of aliphatic carboxylic acids is 1. The van der Waals surface area contributed by atoms with Gasteiger partial charge in [-0.15, -0.1) is 0 Å². The van der Waals surface area contributed by atoms with Crippen LogP contribution >= 0.6 is 0 Å². The summed E-state index contributed by atoms with van der Waals surface area (Å²) in [5.41, 5.74) is 0. The maximum Gasteiger partial charge on any atom is 0.323 e. The van der Waals surface area contributed by atoms with E-state index < -0.39 is 5.97 Å². The normalized spacial score (nSPS) is 11.6. The number of likely N-dealkylation sites (N-methyl/N-ethyl adjacent to an activating group) is 2. The minimum atomic E-state index is -0.964. The van der Waals surface area contributed by atoms with E-state index in [1.165, 1.54) is 101 Å². The van der Waals surface area contributed by atoms with Crippen molar-refractivity contribution in [2.24, 2.45) is 0 Å². The van der Waals surface area contributed by atoms with Crippen LogP contribution in [0.5, 0.6) is 0 Å². The van der Waals surface area contributed by atoms with Crippen molar-refractivity contribution in [1.82, 2.24) is 4.90 Å². The molecule has 0 fully saturated rings. The van der Waals surface area contributed by atoms with Crippen LogP contribution in [0, 0.1) is 0 Å². The first-order valence-electron chi connectivity index (χ1n) is 12.6. The summed E-state index contributed by atoms with van der Waals surface area (Å²) in [6.07, 6.45) is 21.8. The van der Waals surface area contributed by atoms with E-state index in [9.17, 15) is 9.59 Å². The van der Waals surface area contributed by atoms with Crippen LogP contribution in [0.1, 0.15) is 110 Å². The van der Waals surface area contributed by atoms with Crippen LogP contribution in [0.25, 0.3) is 0 Å². The molecule has 178 valence electrons. The highest BCUT2D eigenvalue weighted by molar-refractivity contribution is 5.81. The summed E-state index contributed by atoms with van der Waals surface area (Å²) < 4.78 is 0.626. The maximum absolute atomic E-state index is 12.1. The fourth-order valence-corrected chi connectivity index (χ4v) is 3.94. The Morgan fingerprint density at radius 2 is 1.07 bits per heavy atom. The lowest BCUT2D eigenvalue weighted by Gasteiger charge is -2.30. The third-order valence-corrected chi connectivity index (χ3v) is 5.98. The third kappa shape index (κ3) is 18.9. The fourth-order valence-electron chi connectivity index (χ4n) is 3.94. The fraction of sp³-hybridized carbons (Fsp3) is 0.920. The summed E-state index contributed by atoms with van der Waals surface area (Å²) in [5.74, 6) is -1.06. The van der Waals surface area contributed by atoms with Gasteiger partial charge in [-0.25, -0.2) is 0 Å². The first-order valence-corrected chi connectivity index (χ1v) is 12.6. The van der Waals surface area contributed by atoms with Crippen molar-refractivity contribution in [1.29, 1.82) is 0 Å². The predicted octanol–water partition coefficient (Wildman–Crippen LogP) is 5.87. The Hall–Kier alpha value is -1.10. The Morgan fingerprint density at radius 3 is 1.43 bits per heavy atom. The zero-order valence-electron chi connectivity index (χ0n) is 20.6. The first kappa shape index (κ1) is 28.9. The van der Waals surface area contributed by atoms with Gasteiger partial charge in [-0.2, -0.15) is 0 Å². The molecule has 5 nitrogen and oxygen atoms in total. The monoisotopic (exact) mass is 427 g/mol. The molecule has 0 rings (SSSR count). The SMILES string of the molecule is CCCCCCCCCCCCCCCCCC[N+](C)(C)CC(=O)N(C)CC(=O)O. The smallest absolute Gasteiger partial charge is 0.323 e. The van der Waals surface area contributed by atoms with E-state index in [2.05, 4.69) is 21.0 Å². The lowest BCUT2D eigenvalue weighted by atomic mass is 10.0. The van der Waals surface area contributed by atoms with E-state index in [0.717, 1.165) is 13.0 Å². The van der Waals surface area contributed by atoms with Gasteiger partial charge in [0, 0.05) is 7.05 Å². The molecule has 0 saturated heterocycles. The Morgan fingerprint density at radius 1 is 0.700 bits per heavy atom. The molecular formula is C25H51N2O3+. The number of hydrogen-bond acceptors (Lipinski definition) is 2. The average Bonchev–Trinajstić information content (AvgIpc) is 2.66. The van der Waals surface area contributed by atoms with Gasteiger partial charge >= 0.3 is 5.97 Å². The number of nitrogens with zero attached hydrogens (tertiary/aromatic N) is 2. The summed E-state index contributed by atoms with van der Waals surface area (Å²) in [6, 6.07) is 0. The summed E-state index contributed by atoms with van der Waals surface area (Å²) >= 11 is 0. The van der Waals surface area contributed by atoms with Crippen LogP contribution in [0.3, 0.4) is 0 Å². The molecule has 1 amide bonds. The summed E-state index contributed by atoms with van der Waals surface area (Å²) in [5, 5.41) is 8.79. The molecule has 0 spiro atoms. The Balaban J connectivity index is 3.48. The van der Waals surface area contributed by atoms with Crippen LogP contribution in [0.15, 0.2) is 0 Å². The highest BCUT2D eigenvalue weighted by atomic mass is 16.4. The second-order valence-electron chi connectivity index (χ2n) is 9.76. The van der Waals surface area contributed by atoms with Crippen molar-refractivity contribution in [2.75, 3.05) is 40.8 Å². The largest absolute Gasteiger partial charge is 0.480 e. The zero-order valence-corrected chi connectivity index (χ0v) is 20.6. The second-order valence-corrected chi connectivity index (χ2v) is 9.76. The number of quaternary nitrogens is 1. The average molecular weight is 428 g/mol. The highest BCUT2D eigenvalue weighted by Gasteiger charge is 2.23. The second kappa shape index (κ2) is 18.7. The van der Waals surface area contributed by atoms with Crippen molar-refractivity contribution < 1.29 is 19.2 Å². The molecule has 5 heteroatoms. The lowest BCUT2D eigenvalue weighted by molar-refractivity contribution is -0.882.